The molecule has 11 amide bonds. The van der Waals surface area contributed by atoms with Crippen molar-refractivity contribution in [2.24, 2.45) is 34.8 Å². The summed E-state index contributed by atoms with van der Waals surface area (Å²) in [5.74, 6) is -12.9. The predicted octanol–water partition coefficient (Wildman–Crippen LogP) is -3.44. The fourth-order valence-corrected chi connectivity index (χ4v) is 8.70. The van der Waals surface area contributed by atoms with Crippen molar-refractivity contribution < 1.29 is 78.0 Å². The van der Waals surface area contributed by atoms with Gasteiger partial charge in [-0.1, -0.05) is 58.4 Å². The fourth-order valence-electron chi connectivity index (χ4n) is 8.70. The summed E-state index contributed by atoms with van der Waals surface area (Å²) in [6.07, 6.45) is -3.46. The summed E-state index contributed by atoms with van der Waals surface area (Å²) in [6.45, 7) is 8.00. The number of nitrogens with two attached hydrogens (primary N) is 4. The van der Waals surface area contributed by atoms with Gasteiger partial charge in [0, 0.05) is 32.2 Å². The Balaban J connectivity index is 1.98. The second-order valence-corrected chi connectivity index (χ2v) is 20.6. The van der Waals surface area contributed by atoms with Crippen LogP contribution in [0.4, 0.5) is 0 Å². The number of nitrogens with zero attached hydrogens (tertiary/aromatic N) is 1. The van der Waals surface area contributed by atoms with E-state index >= 15 is 0 Å². The number of primary amides is 3. The number of amides is 11. The molecule has 28 heteroatoms. The van der Waals surface area contributed by atoms with Gasteiger partial charge in [0.15, 0.2) is 6.04 Å². The number of rotatable bonds is 33. The Morgan fingerprint density at radius 1 is 0.580 bits per heavy atom. The zero-order valence-electron chi connectivity index (χ0n) is 46.0. The number of benzene rings is 2. The molecule has 2 aromatic rings. The quantitative estimate of drug-likeness (QED) is 0.0331. The van der Waals surface area contributed by atoms with Crippen LogP contribution in [-0.4, -0.2) is 163 Å². The number of nitrogens with one attached hydrogen (secondary N) is 7. The molecule has 0 saturated carbocycles. The molecule has 0 bridgehead atoms. The van der Waals surface area contributed by atoms with Crippen LogP contribution in [0.2, 0.25) is 0 Å². The van der Waals surface area contributed by atoms with Gasteiger partial charge in [0.2, 0.25) is 65.0 Å². The molecule has 3 rings (SSSR count). The van der Waals surface area contributed by atoms with Crippen molar-refractivity contribution in [2.45, 2.75) is 166 Å². The minimum atomic E-state index is -1.83. The number of carbonyl (C=O) groups excluding carboxylic acids is 11. The Morgan fingerprint density at radius 3 is 1.56 bits per heavy atom. The van der Waals surface area contributed by atoms with Gasteiger partial charge in [0.25, 0.3) is 0 Å². The van der Waals surface area contributed by atoms with E-state index in [1.54, 1.807) is 27.7 Å². The molecule has 81 heavy (non-hydrogen) atoms. The van der Waals surface area contributed by atoms with Crippen LogP contribution in [0.25, 0.3) is 0 Å². The highest BCUT2D eigenvalue weighted by Gasteiger charge is 2.41. The normalized spacial score (nSPS) is 16.7. The standard InChI is InChI=1S/C53H78N12O16/c1-6-27(4)43(51(78)62-38(24-30-11-15-32(68)16-12-30)52(79)65-21-7-8-39(65)50(77)61-35(22-26(2)3)48(75)64-44(28(5)66)53(80)81)63-49(76)37(25-42(57)71)60-47(74)36(23-29-9-13-31(67)14-10-29)59-46(73)34(18-20-41(56)70)58-45(72)33(54)17-19-40(55)69/h9-16,26-28,33-39,43-44,66-68H,6-8,17-25,54H2,1-5H3,(H2,55,69)(H2,56,70)(H2,57,71)(H,58,72)(H,59,73)(H,60,74)(H,61,77)(H,62,78)(H,63,76)(H,64,75)(H,80,81)/t27-,28+,33-,34-,35-,36-,37-,38-,39-,43-,44-/m0/s1. The molecule has 1 heterocycles. The van der Waals surface area contributed by atoms with Crippen LogP contribution in [0.3, 0.4) is 0 Å². The third-order valence-corrected chi connectivity index (χ3v) is 13.4. The maximum absolute atomic E-state index is 14.7. The Bertz CT molecular complexity index is 2570. The van der Waals surface area contributed by atoms with E-state index in [-0.39, 0.29) is 75.3 Å². The Hall–Kier alpha value is -8.40. The molecule has 1 fully saturated rings. The van der Waals surface area contributed by atoms with E-state index in [9.17, 15) is 78.0 Å². The van der Waals surface area contributed by atoms with Gasteiger partial charge in [-0.15, -0.1) is 0 Å². The summed E-state index contributed by atoms with van der Waals surface area (Å²) in [4.78, 5) is 161. The van der Waals surface area contributed by atoms with E-state index < -0.39 is 150 Å². The number of aromatic hydroxyl groups is 2. The number of carboxylic acid groups (broad SMARTS) is 1. The van der Waals surface area contributed by atoms with E-state index in [4.69, 9.17) is 22.9 Å². The van der Waals surface area contributed by atoms with Crippen LogP contribution < -0.4 is 60.2 Å². The van der Waals surface area contributed by atoms with Crippen LogP contribution in [0, 0.1) is 11.8 Å². The molecule has 446 valence electrons. The van der Waals surface area contributed by atoms with Gasteiger partial charge in [-0.2, -0.15) is 0 Å². The van der Waals surface area contributed by atoms with Crippen molar-refractivity contribution in [3.63, 3.8) is 0 Å². The number of carbonyl (C=O) groups is 12. The maximum Gasteiger partial charge on any atom is 0.328 e. The summed E-state index contributed by atoms with van der Waals surface area (Å²) < 4.78 is 0. The van der Waals surface area contributed by atoms with Crippen LogP contribution in [-0.2, 0) is 70.4 Å². The van der Waals surface area contributed by atoms with Crippen molar-refractivity contribution in [3.05, 3.63) is 59.7 Å². The SMILES string of the molecule is CC[C@H](C)[C@H](NC(=O)[C@H](CC(N)=O)NC(=O)[C@H](Cc1ccc(O)cc1)NC(=O)[C@H](CCC(N)=O)NC(=O)[C@@H](N)CCC(N)=O)C(=O)N[C@@H](Cc1ccc(O)cc1)C(=O)N1CCC[C@H]1C(=O)N[C@@H](CC(C)C)C(=O)N[C@H](C(=O)O)[C@@H](C)O. The number of likely N-dealkylation sites (tertiary alicyclic amines) is 1. The zero-order valence-corrected chi connectivity index (χ0v) is 46.0. The van der Waals surface area contributed by atoms with Crippen LogP contribution in [0.15, 0.2) is 48.5 Å². The molecule has 0 aromatic heterocycles. The van der Waals surface area contributed by atoms with Gasteiger partial charge >= 0.3 is 5.97 Å². The lowest BCUT2D eigenvalue weighted by molar-refractivity contribution is -0.146. The second-order valence-electron chi connectivity index (χ2n) is 20.6. The van der Waals surface area contributed by atoms with E-state index in [2.05, 4.69) is 37.2 Å². The molecule has 0 radical (unpaired) electrons. The number of carboxylic acids is 1. The fraction of sp³-hybridized carbons (Fsp3) is 0.547. The highest BCUT2D eigenvalue weighted by molar-refractivity contribution is 5.99. The highest BCUT2D eigenvalue weighted by atomic mass is 16.4. The molecular weight excluding hydrogens is 1060 g/mol. The number of aliphatic hydroxyl groups excluding tert-OH is 1. The van der Waals surface area contributed by atoms with Crippen LogP contribution in [0.1, 0.15) is 104 Å². The lowest BCUT2D eigenvalue weighted by atomic mass is 9.96. The van der Waals surface area contributed by atoms with E-state index in [0.29, 0.717) is 17.5 Å². The summed E-state index contributed by atoms with van der Waals surface area (Å²) in [5, 5.41) is 57.0. The molecule has 11 atom stereocenters. The molecule has 0 aliphatic carbocycles. The van der Waals surface area contributed by atoms with Crippen LogP contribution in [0.5, 0.6) is 11.5 Å². The average Bonchev–Trinajstić information content (AvgIpc) is 3.90. The van der Waals surface area contributed by atoms with Crippen LogP contribution >= 0.6 is 0 Å². The van der Waals surface area contributed by atoms with Crippen molar-refractivity contribution in [2.75, 3.05) is 6.54 Å². The summed E-state index contributed by atoms with van der Waals surface area (Å²) >= 11 is 0. The predicted molar refractivity (Wildman–Crippen MR) is 289 cm³/mol. The number of phenolic OH excluding ortho intramolecular Hbond substituents is 2. The first kappa shape index (κ1) is 66.9. The summed E-state index contributed by atoms with van der Waals surface area (Å²) in [5.41, 5.74) is 22.8. The van der Waals surface area contributed by atoms with Gasteiger partial charge in [0.05, 0.1) is 18.6 Å². The van der Waals surface area contributed by atoms with Gasteiger partial charge in [0.1, 0.15) is 53.8 Å². The minimum Gasteiger partial charge on any atom is -0.508 e. The monoisotopic (exact) mass is 1140 g/mol. The van der Waals surface area contributed by atoms with E-state index in [0.717, 1.165) is 0 Å². The largest absolute Gasteiger partial charge is 0.508 e. The average molecular weight is 1140 g/mol. The molecule has 2 aromatic carbocycles. The first-order valence-electron chi connectivity index (χ1n) is 26.5. The lowest BCUT2D eigenvalue weighted by Crippen LogP contribution is -2.62. The Morgan fingerprint density at radius 2 is 1.05 bits per heavy atom. The molecule has 28 nitrogen and oxygen atoms in total. The maximum atomic E-state index is 14.7. The van der Waals surface area contributed by atoms with Crippen molar-refractivity contribution in [1.82, 2.24) is 42.1 Å². The van der Waals surface area contributed by atoms with Gasteiger partial charge in [-0.05, 0) is 86.3 Å². The highest BCUT2D eigenvalue weighted by Crippen LogP contribution is 2.22. The van der Waals surface area contributed by atoms with Crippen molar-refractivity contribution in [3.8, 4) is 11.5 Å². The molecule has 0 unspecified atom stereocenters. The topological polar surface area (TPSA) is 477 Å². The smallest absolute Gasteiger partial charge is 0.328 e. The molecule has 0 spiro atoms. The number of aliphatic carboxylic acids is 1. The first-order valence-corrected chi connectivity index (χ1v) is 26.5. The summed E-state index contributed by atoms with van der Waals surface area (Å²) in [7, 11) is 0. The number of hydrogen-bond acceptors (Lipinski definition) is 16. The van der Waals surface area contributed by atoms with Gasteiger partial charge < -0.3 is 85.5 Å². The second kappa shape index (κ2) is 32.0. The minimum absolute atomic E-state index is 0.0203. The number of hydrogen-bond donors (Lipinski definition) is 15. The molecule has 1 aliphatic heterocycles. The van der Waals surface area contributed by atoms with Gasteiger partial charge in [-0.3, -0.25) is 52.7 Å². The summed E-state index contributed by atoms with van der Waals surface area (Å²) in [6, 6.07) is -2.36. The third-order valence-electron chi connectivity index (χ3n) is 13.4. The van der Waals surface area contributed by atoms with E-state index in [1.807, 2.05) is 0 Å². The molecule has 19 N–H and O–H groups in total. The number of aliphatic hydroxyl groups is 1. The third kappa shape index (κ3) is 22.0. The molecule has 1 aliphatic rings. The van der Waals surface area contributed by atoms with Gasteiger partial charge in [-0.25, -0.2) is 4.79 Å². The molecule has 1 saturated heterocycles. The Kier molecular flexibility index (Phi) is 26.4. The zero-order chi connectivity index (χ0) is 60.8. The van der Waals surface area contributed by atoms with Crippen molar-refractivity contribution >= 4 is 70.9 Å². The molecular formula is C53H78N12O16. The van der Waals surface area contributed by atoms with Crippen molar-refractivity contribution in [1.29, 1.82) is 0 Å². The van der Waals surface area contributed by atoms with E-state index in [1.165, 1.54) is 60.4 Å². The first-order chi connectivity index (χ1) is 38.0. The lowest BCUT2D eigenvalue weighted by Gasteiger charge is -2.32. The number of phenols is 2. The Labute approximate surface area is 468 Å².